The molecular weight excluding hydrogens is 373 g/mol. The first-order valence-corrected chi connectivity index (χ1v) is 7.28. The Labute approximate surface area is 129 Å². The molecule has 0 radical (unpaired) electrons. The third-order valence-corrected chi connectivity index (χ3v) is 4.56. The summed E-state index contributed by atoms with van der Waals surface area (Å²) in [5, 5.41) is 12.1. The smallest absolute Gasteiger partial charge is 0.310 e. The third-order valence-electron chi connectivity index (χ3n) is 3.62. The van der Waals surface area contributed by atoms with Gasteiger partial charge in [0.25, 0.3) is 0 Å². The van der Waals surface area contributed by atoms with Crippen LogP contribution in [0.3, 0.4) is 0 Å². The maximum atomic E-state index is 12.4. The van der Waals surface area contributed by atoms with Gasteiger partial charge in [0.1, 0.15) is 5.92 Å². The number of hydrogen-bond acceptors (Lipinski definition) is 3. The second kappa shape index (κ2) is 5.17. The summed E-state index contributed by atoms with van der Waals surface area (Å²) in [6.07, 6.45) is 2.55. The molecule has 0 spiro atoms. The monoisotopic (exact) mass is 385 g/mol. The molecule has 1 saturated heterocycles. The van der Waals surface area contributed by atoms with Gasteiger partial charge in [0, 0.05) is 3.57 Å². The highest BCUT2D eigenvalue weighted by molar-refractivity contribution is 14.1. The molecule has 3 rings (SSSR count). The zero-order valence-corrected chi connectivity index (χ0v) is 12.5. The number of rotatable bonds is 3. The zero-order chi connectivity index (χ0) is 14.3. The molecule has 0 aromatic heterocycles. The number of ether oxygens (including phenoxy) is 1. The van der Waals surface area contributed by atoms with E-state index in [-0.39, 0.29) is 5.91 Å². The molecule has 4 atom stereocenters. The Bertz CT molecular complexity index is 601. The number of carbonyl (C=O) groups is 2. The molecule has 1 aromatic rings. The van der Waals surface area contributed by atoms with Crippen LogP contribution in [0.25, 0.3) is 0 Å². The molecule has 104 valence electrons. The van der Waals surface area contributed by atoms with Crippen LogP contribution in [0.2, 0.25) is 0 Å². The Morgan fingerprint density at radius 1 is 1.15 bits per heavy atom. The van der Waals surface area contributed by atoms with E-state index in [0.717, 1.165) is 3.57 Å². The number of halogens is 1. The van der Waals surface area contributed by atoms with Crippen LogP contribution >= 0.6 is 22.6 Å². The first-order chi connectivity index (χ1) is 9.58. The van der Waals surface area contributed by atoms with E-state index in [1.54, 1.807) is 18.2 Å². The highest BCUT2D eigenvalue weighted by Gasteiger charge is 2.53. The van der Waals surface area contributed by atoms with Crippen LogP contribution in [0.4, 0.5) is 5.69 Å². The van der Waals surface area contributed by atoms with Crippen molar-refractivity contribution in [1.82, 2.24) is 0 Å². The molecule has 2 aliphatic rings. The predicted octanol–water partition coefficient (Wildman–Crippen LogP) is 1.88. The van der Waals surface area contributed by atoms with Gasteiger partial charge in [-0.05, 0) is 34.7 Å². The fourth-order valence-electron chi connectivity index (χ4n) is 2.69. The Kier molecular flexibility index (Phi) is 3.51. The lowest BCUT2D eigenvalue weighted by Crippen LogP contribution is -2.39. The topological polar surface area (TPSA) is 75.6 Å². The lowest BCUT2D eigenvalue weighted by molar-refractivity contribution is -0.145. The molecule has 0 saturated carbocycles. The maximum Gasteiger partial charge on any atom is 0.310 e. The van der Waals surface area contributed by atoms with Crippen molar-refractivity contribution in [2.45, 2.75) is 12.2 Å². The summed E-state index contributed by atoms with van der Waals surface area (Å²) in [5.41, 5.74) is 0.689. The number of aliphatic carboxylic acids is 1. The fraction of sp³-hybridized carbons (Fsp3) is 0.286. The number of benzene rings is 1. The van der Waals surface area contributed by atoms with Gasteiger partial charge in [-0.15, -0.1) is 0 Å². The van der Waals surface area contributed by atoms with Gasteiger partial charge in [0.05, 0.1) is 23.8 Å². The van der Waals surface area contributed by atoms with E-state index in [0.29, 0.717) is 5.69 Å². The van der Waals surface area contributed by atoms with E-state index < -0.39 is 30.0 Å². The number of hydrogen-bond donors (Lipinski definition) is 2. The molecule has 6 heteroatoms. The molecule has 0 aliphatic carbocycles. The Hall–Kier alpha value is -1.41. The SMILES string of the molecule is O=C(O)[C@@H]1[C@@H](C(=O)Nc2ccccc2I)[C@@H]2C=C[C@@H]1O2. The van der Waals surface area contributed by atoms with Gasteiger partial charge in [-0.1, -0.05) is 24.3 Å². The van der Waals surface area contributed by atoms with Crippen molar-refractivity contribution in [3.8, 4) is 0 Å². The number of anilines is 1. The molecule has 1 fully saturated rings. The van der Waals surface area contributed by atoms with Gasteiger partial charge in [-0.3, -0.25) is 9.59 Å². The van der Waals surface area contributed by atoms with Crippen LogP contribution in [0.1, 0.15) is 0 Å². The molecule has 5 nitrogen and oxygen atoms in total. The Balaban J connectivity index is 1.82. The normalized spacial score (nSPS) is 30.4. The molecule has 2 heterocycles. The van der Waals surface area contributed by atoms with Gasteiger partial charge >= 0.3 is 5.97 Å². The van der Waals surface area contributed by atoms with E-state index in [9.17, 15) is 14.7 Å². The van der Waals surface area contributed by atoms with E-state index in [1.165, 1.54) is 0 Å². The minimum absolute atomic E-state index is 0.307. The van der Waals surface area contributed by atoms with Crippen LogP contribution in [-0.4, -0.2) is 29.2 Å². The predicted molar refractivity (Wildman–Crippen MR) is 80.2 cm³/mol. The van der Waals surface area contributed by atoms with Crippen LogP contribution in [-0.2, 0) is 14.3 Å². The van der Waals surface area contributed by atoms with Gasteiger partial charge in [-0.2, -0.15) is 0 Å². The van der Waals surface area contributed by atoms with E-state index in [1.807, 2.05) is 18.2 Å². The minimum Gasteiger partial charge on any atom is -0.481 e. The minimum atomic E-state index is -0.996. The molecule has 2 N–H and O–H groups in total. The van der Waals surface area contributed by atoms with Crippen molar-refractivity contribution in [2.75, 3.05) is 5.32 Å². The van der Waals surface area contributed by atoms with Crippen LogP contribution in [0.15, 0.2) is 36.4 Å². The summed E-state index contributed by atoms with van der Waals surface area (Å²) in [6, 6.07) is 7.37. The van der Waals surface area contributed by atoms with Crippen molar-refractivity contribution >= 4 is 40.2 Å². The van der Waals surface area contributed by atoms with Crippen molar-refractivity contribution < 1.29 is 19.4 Å². The van der Waals surface area contributed by atoms with Crippen molar-refractivity contribution in [3.05, 3.63) is 40.0 Å². The summed E-state index contributed by atoms with van der Waals surface area (Å²) < 4.78 is 6.40. The lowest BCUT2D eigenvalue weighted by atomic mass is 9.82. The highest BCUT2D eigenvalue weighted by Crippen LogP contribution is 2.40. The molecule has 1 amide bonds. The van der Waals surface area contributed by atoms with Gasteiger partial charge in [0.2, 0.25) is 5.91 Å². The van der Waals surface area contributed by atoms with Gasteiger partial charge < -0.3 is 15.2 Å². The second-order valence-electron chi connectivity index (χ2n) is 4.81. The number of nitrogens with one attached hydrogen (secondary N) is 1. The Morgan fingerprint density at radius 3 is 2.45 bits per heavy atom. The van der Waals surface area contributed by atoms with Gasteiger partial charge in [-0.25, -0.2) is 0 Å². The molecule has 2 bridgehead atoms. The van der Waals surface area contributed by atoms with Crippen LogP contribution < -0.4 is 5.32 Å². The molecular formula is C14H12INO4. The van der Waals surface area contributed by atoms with Crippen molar-refractivity contribution in [3.63, 3.8) is 0 Å². The van der Waals surface area contributed by atoms with Crippen LogP contribution in [0, 0.1) is 15.4 Å². The maximum absolute atomic E-state index is 12.4. The number of carbonyl (C=O) groups excluding carboxylic acids is 1. The highest BCUT2D eigenvalue weighted by atomic mass is 127. The molecule has 2 aliphatic heterocycles. The number of carboxylic acid groups (broad SMARTS) is 1. The number of amides is 1. The lowest BCUT2D eigenvalue weighted by Gasteiger charge is -2.21. The summed E-state index contributed by atoms with van der Waals surface area (Å²) >= 11 is 2.12. The van der Waals surface area contributed by atoms with Gasteiger partial charge in [0.15, 0.2) is 0 Å². The molecule has 1 aromatic carbocycles. The van der Waals surface area contributed by atoms with Crippen molar-refractivity contribution in [2.24, 2.45) is 11.8 Å². The first-order valence-electron chi connectivity index (χ1n) is 6.20. The summed E-state index contributed by atoms with van der Waals surface area (Å²) in [5.74, 6) is -2.80. The third kappa shape index (κ3) is 2.22. The zero-order valence-electron chi connectivity index (χ0n) is 10.3. The van der Waals surface area contributed by atoms with Crippen molar-refractivity contribution in [1.29, 1.82) is 0 Å². The summed E-state index contributed by atoms with van der Waals surface area (Å²) in [6.45, 7) is 0. The fourth-order valence-corrected chi connectivity index (χ4v) is 3.22. The van der Waals surface area contributed by atoms with E-state index in [4.69, 9.17) is 4.74 Å². The summed E-state index contributed by atoms with van der Waals surface area (Å²) in [4.78, 5) is 23.7. The van der Waals surface area contributed by atoms with E-state index >= 15 is 0 Å². The van der Waals surface area contributed by atoms with Crippen LogP contribution in [0.5, 0.6) is 0 Å². The Morgan fingerprint density at radius 2 is 1.80 bits per heavy atom. The average molecular weight is 385 g/mol. The average Bonchev–Trinajstić information content (AvgIpc) is 3.01. The number of carboxylic acids is 1. The number of para-hydroxylation sites is 1. The molecule has 20 heavy (non-hydrogen) atoms. The van der Waals surface area contributed by atoms with E-state index in [2.05, 4.69) is 27.9 Å². The number of fused-ring (bicyclic) bond motifs is 2. The largest absolute Gasteiger partial charge is 0.481 e. The summed E-state index contributed by atoms with van der Waals surface area (Å²) in [7, 11) is 0. The second-order valence-corrected chi connectivity index (χ2v) is 5.97. The molecule has 0 unspecified atom stereocenters. The first kappa shape index (κ1) is 13.6. The quantitative estimate of drug-likeness (QED) is 0.616. The standard InChI is InChI=1S/C14H12INO4/c15-7-3-1-2-4-8(7)16-13(17)11-9-5-6-10(20-9)12(11)14(18)19/h1-6,9-12H,(H,16,17)(H,18,19)/t9-,10-,11-,12-/m0/s1.